The summed E-state index contributed by atoms with van der Waals surface area (Å²) in [6.45, 7) is 3.91. The van der Waals surface area contributed by atoms with E-state index in [-0.39, 0.29) is 0 Å². The van der Waals surface area contributed by atoms with Crippen molar-refractivity contribution in [3.63, 3.8) is 0 Å². The molecule has 21 heavy (non-hydrogen) atoms. The van der Waals surface area contributed by atoms with Crippen LogP contribution in [0, 0.1) is 0 Å². The first kappa shape index (κ1) is 14.2. The summed E-state index contributed by atoms with van der Waals surface area (Å²) in [6.07, 6.45) is 0. The molecule has 0 saturated heterocycles. The zero-order valence-electron chi connectivity index (χ0n) is 12.1. The van der Waals surface area contributed by atoms with E-state index in [0.29, 0.717) is 5.92 Å². The second-order valence-corrected chi connectivity index (χ2v) is 5.78. The molecule has 1 unspecified atom stereocenters. The van der Waals surface area contributed by atoms with E-state index >= 15 is 0 Å². The van der Waals surface area contributed by atoms with Gasteiger partial charge in [0, 0.05) is 29.7 Å². The highest BCUT2D eigenvalue weighted by Gasteiger charge is 2.09. The summed E-state index contributed by atoms with van der Waals surface area (Å²) in [5.41, 5.74) is 3.50. The second kappa shape index (κ2) is 6.33. The molecule has 0 aliphatic heterocycles. The molecule has 2 N–H and O–H groups in total. The first-order valence-electron chi connectivity index (χ1n) is 7.26. The van der Waals surface area contributed by atoms with Crippen molar-refractivity contribution in [1.29, 1.82) is 0 Å². The molecule has 0 aliphatic carbocycles. The van der Waals surface area contributed by atoms with Crippen LogP contribution in [0.25, 0.3) is 10.9 Å². The van der Waals surface area contributed by atoms with Crippen molar-refractivity contribution in [2.75, 3.05) is 6.54 Å². The van der Waals surface area contributed by atoms with Gasteiger partial charge in [-0.3, -0.25) is 0 Å². The van der Waals surface area contributed by atoms with Gasteiger partial charge in [0.15, 0.2) is 0 Å². The smallest absolute Gasteiger partial charge is 0.0705 e. The van der Waals surface area contributed by atoms with Gasteiger partial charge in [-0.05, 0) is 17.5 Å². The molecule has 2 aromatic carbocycles. The standard InChI is InChI=1S/C18H19ClN2/c1-13(14-7-3-2-4-8-14)11-20-12-17-18(19)15-9-5-6-10-16(15)21-17/h2-10,13,20-21H,11-12H2,1H3. The predicted octanol–water partition coefficient (Wildman–Crippen LogP) is 4.71. The molecule has 1 aromatic heterocycles. The van der Waals surface area contributed by atoms with Gasteiger partial charge in [0.1, 0.15) is 0 Å². The minimum absolute atomic E-state index is 0.481. The van der Waals surface area contributed by atoms with Gasteiger partial charge in [0.2, 0.25) is 0 Å². The Kier molecular flexibility index (Phi) is 4.28. The van der Waals surface area contributed by atoms with Crippen molar-refractivity contribution in [3.05, 3.63) is 70.9 Å². The number of nitrogens with one attached hydrogen (secondary N) is 2. The lowest BCUT2D eigenvalue weighted by molar-refractivity contribution is 0.610. The third-order valence-electron chi connectivity index (χ3n) is 3.83. The minimum atomic E-state index is 0.481. The number of aromatic amines is 1. The number of aromatic nitrogens is 1. The Morgan fingerprint density at radius 3 is 2.52 bits per heavy atom. The van der Waals surface area contributed by atoms with Gasteiger partial charge in [-0.1, -0.05) is 67.1 Å². The highest BCUT2D eigenvalue weighted by molar-refractivity contribution is 6.36. The van der Waals surface area contributed by atoms with E-state index in [1.54, 1.807) is 0 Å². The van der Waals surface area contributed by atoms with E-state index in [1.165, 1.54) is 5.56 Å². The molecule has 3 aromatic rings. The fraction of sp³-hybridized carbons (Fsp3) is 0.222. The largest absolute Gasteiger partial charge is 0.356 e. The molecule has 0 fully saturated rings. The Bertz CT molecular complexity index is 718. The number of para-hydroxylation sites is 1. The number of fused-ring (bicyclic) bond motifs is 1. The van der Waals surface area contributed by atoms with Crippen LogP contribution in [0.1, 0.15) is 24.1 Å². The Morgan fingerprint density at radius 1 is 1.05 bits per heavy atom. The Hall–Kier alpha value is -1.77. The molecule has 0 radical (unpaired) electrons. The summed E-state index contributed by atoms with van der Waals surface area (Å²) >= 11 is 6.42. The topological polar surface area (TPSA) is 27.8 Å². The summed E-state index contributed by atoms with van der Waals surface area (Å²) in [7, 11) is 0. The Morgan fingerprint density at radius 2 is 1.76 bits per heavy atom. The van der Waals surface area contributed by atoms with E-state index < -0.39 is 0 Å². The minimum Gasteiger partial charge on any atom is -0.356 e. The van der Waals surface area contributed by atoms with E-state index in [2.05, 4.69) is 47.6 Å². The van der Waals surface area contributed by atoms with E-state index in [9.17, 15) is 0 Å². The molecule has 0 amide bonds. The quantitative estimate of drug-likeness (QED) is 0.701. The average Bonchev–Trinajstić information content (AvgIpc) is 2.85. The maximum absolute atomic E-state index is 6.42. The van der Waals surface area contributed by atoms with Crippen molar-refractivity contribution in [2.24, 2.45) is 0 Å². The second-order valence-electron chi connectivity index (χ2n) is 5.41. The van der Waals surface area contributed by atoms with Crippen LogP contribution in [0.5, 0.6) is 0 Å². The van der Waals surface area contributed by atoms with Crippen LogP contribution in [0.3, 0.4) is 0 Å². The van der Waals surface area contributed by atoms with Crippen molar-refractivity contribution >= 4 is 22.5 Å². The Balaban J connectivity index is 1.63. The third-order valence-corrected chi connectivity index (χ3v) is 4.27. The number of benzene rings is 2. The van der Waals surface area contributed by atoms with Crippen molar-refractivity contribution in [3.8, 4) is 0 Å². The molecular formula is C18H19ClN2. The maximum atomic E-state index is 6.42. The van der Waals surface area contributed by atoms with Crippen LogP contribution in [-0.4, -0.2) is 11.5 Å². The van der Waals surface area contributed by atoms with E-state index in [1.807, 2.05) is 24.3 Å². The molecule has 3 rings (SSSR count). The summed E-state index contributed by atoms with van der Waals surface area (Å²) in [6, 6.07) is 18.7. The van der Waals surface area contributed by atoms with Crippen molar-refractivity contribution in [1.82, 2.24) is 10.3 Å². The number of hydrogen-bond donors (Lipinski definition) is 2. The maximum Gasteiger partial charge on any atom is 0.0705 e. The van der Waals surface area contributed by atoms with Gasteiger partial charge in [-0.2, -0.15) is 0 Å². The zero-order valence-corrected chi connectivity index (χ0v) is 12.8. The van der Waals surface area contributed by atoms with Gasteiger partial charge in [0.05, 0.1) is 5.02 Å². The van der Waals surface area contributed by atoms with Crippen LogP contribution in [0.15, 0.2) is 54.6 Å². The van der Waals surface area contributed by atoms with Crippen LogP contribution in [0.4, 0.5) is 0 Å². The number of hydrogen-bond acceptors (Lipinski definition) is 1. The average molecular weight is 299 g/mol. The highest BCUT2D eigenvalue weighted by atomic mass is 35.5. The summed E-state index contributed by atoms with van der Waals surface area (Å²) in [5, 5.41) is 5.40. The molecule has 0 bridgehead atoms. The molecule has 1 heterocycles. The molecule has 0 saturated carbocycles. The van der Waals surface area contributed by atoms with Crippen LogP contribution in [0.2, 0.25) is 5.02 Å². The molecular weight excluding hydrogens is 280 g/mol. The molecule has 3 heteroatoms. The normalized spacial score (nSPS) is 12.7. The lowest BCUT2D eigenvalue weighted by Crippen LogP contribution is -2.20. The van der Waals surface area contributed by atoms with Crippen LogP contribution < -0.4 is 5.32 Å². The molecule has 0 spiro atoms. The van der Waals surface area contributed by atoms with Crippen LogP contribution >= 0.6 is 11.6 Å². The lowest BCUT2D eigenvalue weighted by Gasteiger charge is -2.12. The first-order chi connectivity index (χ1) is 10.3. The number of halogens is 1. The highest BCUT2D eigenvalue weighted by Crippen LogP contribution is 2.27. The lowest BCUT2D eigenvalue weighted by atomic mass is 10.0. The molecule has 2 nitrogen and oxygen atoms in total. The third kappa shape index (κ3) is 3.12. The fourth-order valence-electron chi connectivity index (χ4n) is 2.60. The zero-order chi connectivity index (χ0) is 14.7. The van der Waals surface area contributed by atoms with Crippen molar-refractivity contribution in [2.45, 2.75) is 19.4 Å². The number of rotatable bonds is 5. The van der Waals surface area contributed by atoms with Crippen LogP contribution in [-0.2, 0) is 6.54 Å². The monoisotopic (exact) mass is 298 g/mol. The Labute approximate surface area is 130 Å². The summed E-state index contributed by atoms with van der Waals surface area (Å²) < 4.78 is 0. The predicted molar refractivity (Wildman–Crippen MR) is 89.9 cm³/mol. The van der Waals surface area contributed by atoms with Gasteiger partial charge in [0.25, 0.3) is 0 Å². The summed E-state index contributed by atoms with van der Waals surface area (Å²) in [4.78, 5) is 3.38. The van der Waals surface area contributed by atoms with E-state index in [4.69, 9.17) is 11.6 Å². The van der Waals surface area contributed by atoms with Crippen molar-refractivity contribution < 1.29 is 0 Å². The SMILES string of the molecule is CC(CNCc1[nH]c2ccccc2c1Cl)c1ccccc1. The van der Waals surface area contributed by atoms with Gasteiger partial charge < -0.3 is 10.3 Å². The van der Waals surface area contributed by atoms with Gasteiger partial charge in [-0.15, -0.1) is 0 Å². The first-order valence-corrected chi connectivity index (χ1v) is 7.64. The number of H-pyrrole nitrogens is 1. The van der Waals surface area contributed by atoms with Gasteiger partial charge >= 0.3 is 0 Å². The van der Waals surface area contributed by atoms with E-state index in [0.717, 1.165) is 34.7 Å². The van der Waals surface area contributed by atoms with Gasteiger partial charge in [-0.25, -0.2) is 0 Å². The molecule has 108 valence electrons. The molecule has 1 atom stereocenters. The molecule has 0 aliphatic rings. The fourth-order valence-corrected chi connectivity index (χ4v) is 2.88. The summed E-state index contributed by atoms with van der Waals surface area (Å²) in [5.74, 6) is 0.481.